The van der Waals surface area contributed by atoms with Crippen molar-refractivity contribution in [3.8, 4) is 22.8 Å². The maximum absolute atomic E-state index is 12.6. The molecule has 1 saturated heterocycles. The fraction of sp³-hybridized carbons (Fsp3) is 0.172. The normalized spacial score (nSPS) is 14.7. The van der Waals surface area contributed by atoms with Crippen LogP contribution in [0.15, 0.2) is 89.2 Å². The van der Waals surface area contributed by atoms with Crippen molar-refractivity contribution in [2.75, 3.05) is 10.7 Å². The number of rotatable bonds is 7. The summed E-state index contributed by atoms with van der Waals surface area (Å²) >= 11 is 6.65. The van der Waals surface area contributed by atoms with E-state index in [4.69, 9.17) is 12.2 Å². The Balaban J connectivity index is 1.19. The van der Waals surface area contributed by atoms with Gasteiger partial charge >= 0.3 is 6.36 Å². The zero-order chi connectivity index (χ0) is 30.6. The lowest BCUT2D eigenvalue weighted by Gasteiger charge is -2.18. The number of aromatic nitrogens is 3. The van der Waals surface area contributed by atoms with Crippen molar-refractivity contribution < 1.29 is 22.7 Å². The molecule has 0 saturated carbocycles. The van der Waals surface area contributed by atoms with Crippen LogP contribution in [0.2, 0.25) is 0 Å². The highest BCUT2D eigenvalue weighted by Gasteiger charge is 2.31. The number of amidine groups is 1. The Labute approximate surface area is 254 Å². The summed E-state index contributed by atoms with van der Waals surface area (Å²) in [5.41, 5.74) is 6.61. The molecular weight excluding hydrogens is 599 g/mol. The van der Waals surface area contributed by atoms with Crippen LogP contribution in [0.25, 0.3) is 17.1 Å². The molecule has 4 aromatic rings. The molecule has 1 aliphatic rings. The molecule has 1 aromatic heterocycles. The third-order valence-electron chi connectivity index (χ3n) is 6.13. The lowest BCUT2D eigenvalue weighted by Crippen LogP contribution is -2.30. The van der Waals surface area contributed by atoms with Gasteiger partial charge in [0.05, 0.1) is 23.3 Å². The van der Waals surface area contributed by atoms with Crippen LogP contribution >= 0.6 is 24.0 Å². The summed E-state index contributed by atoms with van der Waals surface area (Å²) in [6.45, 7) is 4.19. The number of carbonyl (C=O) groups is 1. The van der Waals surface area contributed by atoms with Gasteiger partial charge in [-0.3, -0.25) is 15.1 Å². The first-order valence-corrected chi connectivity index (χ1v) is 14.3. The quantitative estimate of drug-likeness (QED) is 0.147. The number of nitrogens with zero attached hydrogens (tertiary/aromatic N) is 6. The molecule has 1 aliphatic heterocycles. The van der Waals surface area contributed by atoms with Gasteiger partial charge in [-0.1, -0.05) is 62.0 Å². The first-order chi connectivity index (χ1) is 20.6. The van der Waals surface area contributed by atoms with Gasteiger partial charge in [0.25, 0.3) is 0 Å². The van der Waals surface area contributed by atoms with E-state index in [1.54, 1.807) is 11.1 Å². The molecule has 9 nitrogen and oxygen atoms in total. The van der Waals surface area contributed by atoms with Gasteiger partial charge in [-0.05, 0) is 65.7 Å². The molecule has 0 radical (unpaired) electrons. The molecule has 0 aliphatic carbocycles. The number of thioether (sulfide) groups is 1. The number of ether oxygens (including phenoxy) is 1. The smallest absolute Gasteiger partial charge is 0.406 e. The van der Waals surface area contributed by atoms with Gasteiger partial charge in [-0.25, -0.2) is 9.67 Å². The monoisotopic (exact) mass is 623 g/mol. The van der Waals surface area contributed by atoms with Crippen LogP contribution in [-0.4, -0.2) is 49.3 Å². The number of halogens is 3. The molecule has 220 valence electrons. The van der Waals surface area contributed by atoms with Crippen LogP contribution in [-0.2, 0) is 4.79 Å². The van der Waals surface area contributed by atoms with E-state index in [-0.39, 0.29) is 22.5 Å². The lowest BCUT2D eigenvalue weighted by molar-refractivity contribution is -0.274. The number of hydrazone groups is 1. The van der Waals surface area contributed by atoms with Crippen molar-refractivity contribution in [2.24, 2.45) is 10.1 Å². The van der Waals surface area contributed by atoms with E-state index >= 15 is 0 Å². The van der Waals surface area contributed by atoms with Crippen molar-refractivity contribution in [1.29, 1.82) is 0 Å². The Bertz CT molecular complexity index is 1690. The van der Waals surface area contributed by atoms with Gasteiger partial charge < -0.3 is 4.74 Å². The zero-order valence-corrected chi connectivity index (χ0v) is 24.5. The predicted molar refractivity (Wildman–Crippen MR) is 165 cm³/mol. The maximum atomic E-state index is 12.6. The zero-order valence-electron chi connectivity index (χ0n) is 22.8. The second-order valence-electron chi connectivity index (χ2n) is 9.51. The molecule has 1 amide bonds. The number of alkyl halides is 3. The van der Waals surface area contributed by atoms with E-state index < -0.39 is 6.36 Å². The van der Waals surface area contributed by atoms with E-state index in [9.17, 15) is 18.0 Å². The number of nitrogens with one attached hydrogen (secondary N) is 1. The summed E-state index contributed by atoms with van der Waals surface area (Å²) in [6, 6.07) is 20.4. The minimum atomic E-state index is -4.76. The van der Waals surface area contributed by atoms with Crippen molar-refractivity contribution in [3.05, 3.63) is 90.3 Å². The van der Waals surface area contributed by atoms with Crippen LogP contribution < -0.4 is 15.1 Å². The van der Waals surface area contributed by atoms with E-state index in [1.165, 1.54) is 47.0 Å². The minimum absolute atomic E-state index is 0.0659. The first kappa shape index (κ1) is 29.9. The Hall–Kier alpha value is -4.56. The molecule has 0 unspecified atom stereocenters. The highest BCUT2D eigenvalue weighted by Crippen LogP contribution is 2.29. The summed E-state index contributed by atoms with van der Waals surface area (Å²) in [7, 11) is 0. The molecule has 1 N–H and O–H groups in total. The molecular formula is C29H24F3N7O2S2. The van der Waals surface area contributed by atoms with Crippen molar-refractivity contribution in [1.82, 2.24) is 20.2 Å². The Morgan fingerprint density at radius 2 is 1.84 bits per heavy atom. The Morgan fingerprint density at radius 3 is 2.53 bits per heavy atom. The average Bonchev–Trinajstić information content (AvgIpc) is 3.60. The second-order valence-corrected chi connectivity index (χ2v) is 10.8. The highest BCUT2D eigenvalue weighted by molar-refractivity contribution is 8.15. The van der Waals surface area contributed by atoms with E-state index in [0.29, 0.717) is 22.6 Å². The van der Waals surface area contributed by atoms with Crippen LogP contribution in [0.5, 0.6) is 5.75 Å². The van der Waals surface area contributed by atoms with Crippen molar-refractivity contribution in [3.63, 3.8) is 0 Å². The molecule has 0 atom stereocenters. The third-order valence-corrected chi connectivity index (χ3v) is 7.23. The van der Waals surface area contributed by atoms with Crippen LogP contribution in [0.3, 0.4) is 0 Å². The second kappa shape index (κ2) is 12.8. The van der Waals surface area contributed by atoms with Gasteiger partial charge in [-0.15, -0.1) is 18.3 Å². The number of amides is 1. The summed E-state index contributed by atoms with van der Waals surface area (Å²) in [6.07, 6.45) is -1.72. The predicted octanol–water partition coefficient (Wildman–Crippen LogP) is 6.30. The summed E-state index contributed by atoms with van der Waals surface area (Å²) < 4.78 is 42.5. The largest absolute Gasteiger partial charge is 0.573 e. The number of hydrogen-bond acceptors (Lipinski definition) is 7. The maximum Gasteiger partial charge on any atom is 0.573 e. The van der Waals surface area contributed by atoms with Gasteiger partial charge in [-0.2, -0.15) is 10.1 Å². The SMILES string of the molecule is CC(C)c1cccc(N2C(=O)CS/C2=N\C(=S)N/N=C/c2ccc(-c3ncn(-c4ccc(OC(F)(F)F)cc4)n3)cc2)c1. The average molecular weight is 624 g/mol. The molecule has 0 spiro atoms. The summed E-state index contributed by atoms with van der Waals surface area (Å²) in [5, 5.41) is 9.16. The molecule has 43 heavy (non-hydrogen) atoms. The molecule has 2 heterocycles. The summed E-state index contributed by atoms with van der Waals surface area (Å²) in [5.74, 6) is 0.643. The molecule has 3 aromatic carbocycles. The third kappa shape index (κ3) is 7.64. The van der Waals surface area contributed by atoms with Gasteiger partial charge in [0.15, 0.2) is 11.0 Å². The first-order valence-electron chi connectivity index (χ1n) is 12.9. The van der Waals surface area contributed by atoms with Crippen LogP contribution in [0, 0.1) is 0 Å². The minimum Gasteiger partial charge on any atom is -0.406 e. The molecule has 5 rings (SSSR count). The van der Waals surface area contributed by atoms with Crippen molar-refractivity contribution in [2.45, 2.75) is 26.1 Å². The molecule has 0 bridgehead atoms. The number of anilines is 1. The topological polar surface area (TPSA) is 97.0 Å². The molecule has 1 fully saturated rings. The number of carbonyl (C=O) groups excluding carboxylic acids is 1. The number of hydrogen-bond donors (Lipinski definition) is 1. The van der Waals surface area contributed by atoms with Crippen LogP contribution in [0.1, 0.15) is 30.9 Å². The number of thiocarbonyl (C=S) groups is 1. The van der Waals surface area contributed by atoms with Gasteiger partial charge in [0.1, 0.15) is 12.1 Å². The summed E-state index contributed by atoms with van der Waals surface area (Å²) in [4.78, 5) is 22.9. The van der Waals surface area contributed by atoms with E-state index in [2.05, 4.69) is 44.2 Å². The van der Waals surface area contributed by atoms with Crippen LogP contribution in [0.4, 0.5) is 18.9 Å². The lowest BCUT2D eigenvalue weighted by atomic mass is 10.0. The Kier molecular flexibility index (Phi) is 8.87. The fourth-order valence-electron chi connectivity index (χ4n) is 4.03. The number of benzene rings is 3. The van der Waals surface area contributed by atoms with E-state index in [1.807, 2.05) is 48.5 Å². The fourth-order valence-corrected chi connectivity index (χ4v) is 5.10. The van der Waals surface area contributed by atoms with Gasteiger partial charge in [0.2, 0.25) is 11.0 Å². The highest BCUT2D eigenvalue weighted by atomic mass is 32.2. The number of aliphatic imine (C=N–C) groups is 1. The van der Waals surface area contributed by atoms with Gasteiger partial charge in [0, 0.05) is 5.56 Å². The van der Waals surface area contributed by atoms with Crippen molar-refractivity contribution >= 4 is 52.1 Å². The van der Waals surface area contributed by atoms with E-state index in [0.717, 1.165) is 22.4 Å². The Morgan fingerprint density at radius 1 is 1.09 bits per heavy atom. The standard InChI is InChI=1S/C29H24F3N7O2S2/c1-18(2)21-4-3-5-23(14-21)39-25(40)16-43-28(39)35-27(42)36-34-15-19-6-8-20(9-7-19)26-33-17-38(37-26)22-10-12-24(13-11-22)41-29(30,31)32/h3-15,17-18H,16H2,1-2H3,(H,36,42)/b34-15+,35-28-. The molecule has 14 heteroatoms.